The first-order valence-electron chi connectivity index (χ1n) is 22.4. The fraction of sp³-hybridized carbons (Fsp3) is 0.200. The lowest BCUT2D eigenvalue weighted by molar-refractivity contribution is 0.477. The minimum Gasteiger partial charge on any atom is -0.507 e. The fourth-order valence-corrected chi connectivity index (χ4v) is 8.61. The van der Waals surface area contributed by atoms with Crippen LogP contribution in [0.4, 0.5) is 0 Å². The zero-order chi connectivity index (χ0) is 45.0. The van der Waals surface area contributed by atoms with Crippen LogP contribution in [0.15, 0.2) is 176 Å². The van der Waals surface area contributed by atoms with Crippen LogP contribution in [0.3, 0.4) is 0 Å². The quantitative estimate of drug-likeness (QED) is 0.174. The molecule has 0 aliphatic carbocycles. The molecule has 2 aromatic heterocycles. The molecule has 0 unspecified atom stereocenters. The molecule has 9 rings (SSSR count). The molecule has 1 N–H and O–H groups in total. The number of rotatable bonds is 7. The summed E-state index contributed by atoms with van der Waals surface area (Å²) in [6.45, 7) is 20.3. The predicted molar refractivity (Wildman–Crippen MR) is 269 cm³/mol. The first-order valence-corrected chi connectivity index (χ1v) is 22.4. The van der Waals surface area contributed by atoms with Crippen LogP contribution in [0.5, 0.6) is 5.75 Å². The van der Waals surface area contributed by atoms with Gasteiger partial charge in [0.25, 0.3) is 0 Å². The van der Waals surface area contributed by atoms with Crippen LogP contribution in [0.25, 0.3) is 83.9 Å². The number of phenolic OH excluding ortho intramolecular Hbond substituents is 1. The predicted octanol–water partition coefficient (Wildman–Crippen LogP) is 16.0. The molecule has 0 atom stereocenters. The van der Waals surface area contributed by atoms with Gasteiger partial charge in [-0.1, -0.05) is 184 Å². The molecule has 0 radical (unpaired) electrons. The van der Waals surface area contributed by atoms with Gasteiger partial charge in [0.05, 0.1) is 28.0 Å². The van der Waals surface area contributed by atoms with Gasteiger partial charge in [0.1, 0.15) is 11.6 Å². The molecule has 4 nitrogen and oxygen atoms in total. The summed E-state index contributed by atoms with van der Waals surface area (Å²) >= 11 is 0. The average Bonchev–Trinajstić information content (AvgIpc) is 3.68. The molecule has 4 heteroatoms. The Hall–Kier alpha value is -7.04. The Morgan fingerprint density at radius 2 is 0.984 bits per heavy atom. The number of aromatic hydroxyl groups is 1. The van der Waals surface area contributed by atoms with Gasteiger partial charge in [0.15, 0.2) is 0 Å². The molecule has 7 aromatic carbocycles. The highest BCUT2D eigenvalue weighted by molar-refractivity contribution is 5.98. The van der Waals surface area contributed by atoms with Gasteiger partial charge in [-0.3, -0.25) is 9.55 Å². The van der Waals surface area contributed by atoms with Crippen molar-refractivity contribution >= 4 is 11.0 Å². The lowest BCUT2D eigenvalue weighted by atomic mass is 9.83. The maximum absolute atomic E-state index is 11.5. The van der Waals surface area contributed by atoms with Gasteiger partial charge in [-0.2, -0.15) is 0 Å². The Morgan fingerprint density at radius 1 is 0.406 bits per heavy atom. The molecule has 0 amide bonds. The molecule has 2 heterocycles. The first kappa shape index (κ1) is 42.3. The fourth-order valence-electron chi connectivity index (χ4n) is 8.61. The van der Waals surface area contributed by atoms with Crippen molar-refractivity contribution in [3.8, 4) is 78.6 Å². The highest BCUT2D eigenvalue weighted by Crippen LogP contribution is 2.43. The molecule has 0 fully saturated rings. The summed E-state index contributed by atoms with van der Waals surface area (Å²) in [5, 5.41) is 11.5. The summed E-state index contributed by atoms with van der Waals surface area (Å²) in [7, 11) is 0. The molecular formula is C60H57N3O. The van der Waals surface area contributed by atoms with Crippen LogP contribution in [0, 0.1) is 0 Å². The summed E-state index contributed by atoms with van der Waals surface area (Å²) in [6, 6.07) is 60.2. The smallest absolute Gasteiger partial charge is 0.149 e. The summed E-state index contributed by atoms with van der Waals surface area (Å²) in [6.07, 6.45) is 1.92. The third kappa shape index (κ3) is 8.29. The molecule has 64 heavy (non-hydrogen) atoms. The van der Waals surface area contributed by atoms with Crippen molar-refractivity contribution in [3.63, 3.8) is 0 Å². The van der Waals surface area contributed by atoms with Crippen molar-refractivity contribution < 1.29 is 5.11 Å². The lowest BCUT2D eigenvalue weighted by Gasteiger charge is -2.24. The van der Waals surface area contributed by atoms with Crippen LogP contribution >= 0.6 is 0 Å². The maximum atomic E-state index is 11.5. The van der Waals surface area contributed by atoms with Crippen LogP contribution in [0.1, 0.15) is 79.0 Å². The lowest BCUT2D eigenvalue weighted by Crippen LogP contribution is -2.13. The summed E-state index contributed by atoms with van der Waals surface area (Å²) in [5.74, 6) is 0.861. The molecule has 0 saturated carbocycles. The minimum atomic E-state index is -0.144. The monoisotopic (exact) mass is 835 g/mol. The van der Waals surface area contributed by atoms with Gasteiger partial charge in [0.2, 0.25) is 0 Å². The SMILES string of the molecule is CC(C)(C)c1ccc(-c2ccc(C(C)(C)C)cc2-n2c(-c3ccccc3O)nc3c(-c4cc(-c5cc(-c6ccc(-c7ccccc7)cc6)ccn5)cc(C(C)(C)C)c4)cccc32)cc1. The van der Waals surface area contributed by atoms with E-state index in [2.05, 4.69) is 206 Å². The van der Waals surface area contributed by atoms with Gasteiger partial charge in [-0.05, 0) is 115 Å². The van der Waals surface area contributed by atoms with Crippen LogP contribution in [-0.2, 0) is 16.2 Å². The van der Waals surface area contributed by atoms with E-state index in [-0.39, 0.29) is 22.0 Å². The topological polar surface area (TPSA) is 50.9 Å². The van der Waals surface area contributed by atoms with Crippen molar-refractivity contribution in [1.82, 2.24) is 14.5 Å². The van der Waals surface area contributed by atoms with Crippen molar-refractivity contribution in [3.05, 3.63) is 193 Å². The van der Waals surface area contributed by atoms with E-state index in [1.807, 2.05) is 30.5 Å². The van der Waals surface area contributed by atoms with Gasteiger partial charge >= 0.3 is 0 Å². The van der Waals surface area contributed by atoms with Crippen molar-refractivity contribution in [1.29, 1.82) is 0 Å². The molecule has 0 saturated heterocycles. The van der Waals surface area contributed by atoms with E-state index in [1.54, 1.807) is 6.07 Å². The summed E-state index contributed by atoms with van der Waals surface area (Å²) in [5.41, 5.74) is 17.8. The number of phenols is 1. The molecule has 0 aliphatic heterocycles. The second-order valence-corrected chi connectivity index (χ2v) is 20.2. The summed E-state index contributed by atoms with van der Waals surface area (Å²) in [4.78, 5) is 10.5. The van der Waals surface area contributed by atoms with E-state index >= 15 is 0 Å². The van der Waals surface area contributed by atoms with Crippen LogP contribution in [-0.4, -0.2) is 19.6 Å². The number of imidazole rings is 1. The Labute approximate surface area is 379 Å². The van der Waals surface area contributed by atoms with E-state index in [0.717, 1.165) is 61.4 Å². The van der Waals surface area contributed by atoms with Crippen molar-refractivity contribution in [2.45, 2.75) is 78.6 Å². The van der Waals surface area contributed by atoms with Crippen molar-refractivity contribution in [2.75, 3.05) is 0 Å². The molecule has 0 aliphatic rings. The number of nitrogens with zero attached hydrogens (tertiary/aromatic N) is 3. The van der Waals surface area contributed by atoms with Gasteiger partial charge in [-0.15, -0.1) is 0 Å². The number of aromatic nitrogens is 3. The Bertz CT molecular complexity index is 3140. The Balaban J connectivity index is 1.24. The third-order valence-electron chi connectivity index (χ3n) is 12.5. The van der Waals surface area contributed by atoms with Crippen LogP contribution in [0.2, 0.25) is 0 Å². The van der Waals surface area contributed by atoms with E-state index in [4.69, 9.17) is 9.97 Å². The van der Waals surface area contributed by atoms with E-state index in [9.17, 15) is 5.11 Å². The van der Waals surface area contributed by atoms with E-state index < -0.39 is 0 Å². The molecule has 318 valence electrons. The normalized spacial score (nSPS) is 12.2. The number of pyridine rings is 1. The number of para-hydroxylation sites is 2. The van der Waals surface area contributed by atoms with E-state index in [0.29, 0.717) is 11.4 Å². The zero-order valence-corrected chi connectivity index (χ0v) is 38.5. The van der Waals surface area contributed by atoms with Gasteiger partial charge in [0, 0.05) is 22.9 Å². The third-order valence-corrected chi connectivity index (χ3v) is 12.5. The van der Waals surface area contributed by atoms with Gasteiger partial charge in [-0.25, -0.2) is 4.98 Å². The molecule has 0 bridgehead atoms. The zero-order valence-electron chi connectivity index (χ0n) is 38.5. The number of hydrogen-bond acceptors (Lipinski definition) is 3. The number of hydrogen-bond donors (Lipinski definition) is 1. The largest absolute Gasteiger partial charge is 0.507 e. The average molecular weight is 836 g/mol. The minimum absolute atomic E-state index is 0.0323. The van der Waals surface area contributed by atoms with Crippen LogP contribution < -0.4 is 0 Å². The highest BCUT2D eigenvalue weighted by Gasteiger charge is 2.25. The number of benzene rings is 7. The van der Waals surface area contributed by atoms with Gasteiger partial charge < -0.3 is 5.11 Å². The Kier molecular flexibility index (Phi) is 10.7. The molecular weight excluding hydrogens is 779 g/mol. The maximum Gasteiger partial charge on any atom is 0.149 e. The molecule has 9 aromatic rings. The number of fused-ring (bicyclic) bond motifs is 1. The van der Waals surface area contributed by atoms with Crippen molar-refractivity contribution in [2.24, 2.45) is 0 Å². The second kappa shape index (κ2) is 16.3. The highest BCUT2D eigenvalue weighted by atomic mass is 16.3. The van der Waals surface area contributed by atoms with E-state index in [1.165, 1.54) is 27.8 Å². The summed E-state index contributed by atoms with van der Waals surface area (Å²) < 4.78 is 2.26. The molecule has 0 spiro atoms. The second-order valence-electron chi connectivity index (χ2n) is 20.2. The Morgan fingerprint density at radius 3 is 1.66 bits per heavy atom. The first-order chi connectivity index (χ1) is 30.5. The standard InChI is InChI=1S/C60H57N3O/c1-58(2,3)46-28-26-42(27-29-46)49-31-30-47(59(4,5)6)38-54(49)63-53-20-15-19-50(56(53)62-57(63)51-18-13-14-21-55(51)64)44-34-45(36-48(35-44)60(7,8)9)52-37-43(32-33-61-52)41-24-22-40(23-25-41)39-16-11-10-12-17-39/h10-38,64H,1-9H3.